The van der Waals surface area contributed by atoms with Gasteiger partial charge in [0.15, 0.2) is 0 Å². The van der Waals surface area contributed by atoms with E-state index in [0.717, 1.165) is 0 Å². The van der Waals surface area contributed by atoms with Crippen molar-refractivity contribution in [1.29, 1.82) is 0 Å². The Kier molecular flexibility index (Phi) is 6.23. The summed E-state index contributed by atoms with van der Waals surface area (Å²) in [6.07, 6.45) is 0. The molecule has 0 bridgehead atoms. The third-order valence-corrected chi connectivity index (χ3v) is 6.90. The fraction of sp³-hybridized carbons (Fsp3) is 1.00. The molecule has 6 nitrogen and oxygen atoms in total. The van der Waals surface area contributed by atoms with Crippen molar-refractivity contribution in [3.63, 3.8) is 0 Å². The molecule has 7 heteroatoms. The lowest BCUT2D eigenvalue weighted by atomic mass is 10.3. The molecule has 104 valence electrons. The Morgan fingerprint density at radius 1 is 0.647 bits per heavy atom. The number of rotatable bonds is 6. The molecule has 0 fully saturated rings. The molecule has 0 aliphatic heterocycles. The first-order valence-corrected chi connectivity index (χ1v) is 7.85. The fourth-order valence-corrected chi connectivity index (χ4v) is 4.75. The lowest BCUT2D eigenvalue weighted by Crippen LogP contribution is -2.82. The Morgan fingerprint density at radius 2 is 0.882 bits per heavy atom. The third kappa shape index (κ3) is 5.43. The van der Waals surface area contributed by atoms with Crippen LogP contribution < -0.4 is 15.3 Å². The molecule has 0 aromatic carbocycles. The van der Waals surface area contributed by atoms with Crippen LogP contribution in [0.2, 0.25) is 5.04 Å². The van der Waals surface area contributed by atoms with Gasteiger partial charge in [-0.25, -0.2) is 15.3 Å². The van der Waals surface area contributed by atoms with Crippen LogP contribution in [0.4, 0.5) is 0 Å². The predicted octanol–water partition coefficient (Wildman–Crippen LogP) is -0.0760. The lowest BCUT2D eigenvalue weighted by molar-refractivity contribution is 0.253. The molecular weight excluding hydrogens is 232 g/mol. The van der Waals surface area contributed by atoms with E-state index >= 15 is 0 Å². The molecule has 0 spiro atoms. The highest BCUT2D eigenvalue weighted by Gasteiger charge is 2.48. The summed E-state index contributed by atoms with van der Waals surface area (Å²) in [6.45, 7) is 6.72. The van der Waals surface area contributed by atoms with E-state index in [9.17, 15) is 0 Å². The van der Waals surface area contributed by atoms with Gasteiger partial charge in [-0.15, -0.1) is 0 Å². The number of hydrogen-bond acceptors (Lipinski definition) is 6. The molecule has 0 aromatic heterocycles. The number of nitrogens with one attached hydrogen (secondary N) is 3. The van der Waals surface area contributed by atoms with Gasteiger partial charge in [0, 0.05) is 47.3 Å². The first-order chi connectivity index (χ1) is 7.50. The first kappa shape index (κ1) is 17.0. The Morgan fingerprint density at radius 3 is 1.00 bits per heavy atom. The highest BCUT2D eigenvalue weighted by Crippen LogP contribution is 2.30. The third-order valence-electron chi connectivity index (χ3n) is 2.30. The zero-order valence-electron chi connectivity index (χ0n) is 12.8. The largest absolute Gasteiger partial charge is 0.328 e. The molecule has 0 saturated carbocycles. The van der Waals surface area contributed by atoms with Gasteiger partial charge in [0.1, 0.15) is 0 Å². The summed E-state index contributed by atoms with van der Waals surface area (Å²) in [4.78, 5) is 0. The Hall–Kier alpha value is -0.0231. The van der Waals surface area contributed by atoms with E-state index in [2.05, 4.69) is 36.0 Å². The maximum atomic E-state index is 3.56. The maximum Gasteiger partial charge on any atom is 0.328 e. The average Bonchev–Trinajstić information content (AvgIpc) is 1.96. The topological polar surface area (TPSA) is 45.8 Å². The Balaban J connectivity index is 5.20. The van der Waals surface area contributed by atoms with Crippen LogP contribution in [0.1, 0.15) is 20.8 Å². The summed E-state index contributed by atoms with van der Waals surface area (Å²) in [6, 6.07) is 0. The van der Waals surface area contributed by atoms with E-state index in [4.69, 9.17) is 0 Å². The predicted molar refractivity (Wildman–Crippen MR) is 75.9 cm³/mol. The molecule has 0 radical (unpaired) electrons. The number of nitrogens with zero attached hydrogens (tertiary/aromatic N) is 3. The average molecular weight is 262 g/mol. The van der Waals surface area contributed by atoms with Gasteiger partial charge in [-0.3, -0.25) is 15.0 Å². The SMILES string of the molecule is CN(C)N[Si](NN(C)C)(NN(C)C)C(C)(C)C. The monoisotopic (exact) mass is 262 g/mol. The fourth-order valence-electron chi connectivity index (χ4n) is 1.58. The molecular formula is C10H30N6Si. The molecule has 17 heavy (non-hydrogen) atoms. The minimum Gasteiger partial charge on any atom is -0.255 e. The molecule has 3 N–H and O–H groups in total. The second kappa shape index (κ2) is 6.23. The summed E-state index contributed by atoms with van der Waals surface area (Å²) >= 11 is 0. The van der Waals surface area contributed by atoms with Gasteiger partial charge in [-0.1, -0.05) is 20.8 Å². The highest BCUT2D eigenvalue weighted by atomic mass is 28.4. The summed E-state index contributed by atoms with van der Waals surface area (Å²) in [7, 11) is 9.94. The van der Waals surface area contributed by atoms with Crippen LogP contribution in [0.15, 0.2) is 0 Å². The van der Waals surface area contributed by atoms with Gasteiger partial charge >= 0.3 is 8.56 Å². The molecule has 0 aliphatic carbocycles. The van der Waals surface area contributed by atoms with Gasteiger partial charge in [-0.2, -0.15) is 0 Å². The summed E-state index contributed by atoms with van der Waals surface area (Å²) < 4.78 is 0. The van der Waals surface area contributed by atoms with E-state index < -0.39 is 8.56 Å². The highest BCUT2D eigenvalue weighted by molar-refractivity contribution is 6.75. The number of hydrazine groups is 3. The van der Waals surface area contributed by atoms with Gasteiger partial charge in [0.05, 0.1) is 0 Å². The molecule has 0 saturated heterocycles. The van der Waals surface area contributed by atoms with Crippen molar-refractivity contribution < 1.29 is 0 Å². The molecule has 0 amide bonds. The van der Waals surface area contributed by atoms with E-state index in [1.54, 1.807) is 0 Å². The van der Waals surface area contributed by atoms with Crippen molar-refractivity contribution in [3.8, 4) is 0 Å². The van der Waals surface area contributed by atoms with Crippen LogP contribution in [0.25, 0.3) is 0 Å². The van der Waals surface area contributed by atoms with Crippen LogP contribution >= 0.6 is 0 Å². The second-order valence-electron chi connectivity index (χ2n) is 6.02. The van der Waals surface area contributed by atoms with E-state index in [-0.39, 0.29) is 5.04 Å². The Bertz CT molecular complexity index is 197. The van der Waals surface area contributed by atoms with Crippen LogP contribution in [0.3, 0.4) is 0 Å². The maximum absolute atomic E-state index is 3.56. The van der Waals surface area contributed by atoms with Gasteiger partial charge in [-0.05, 0) is 0 Å². The van der Waals surface area contributed by atoms with Crippen LogP contribution in [0, 0.1) is 0 Å². The molecule has 0 aliphatic rings. The molecule has 0 heterocycles. The van der Waals surface area contributed by atoms with Gasteiger partial charge < -0.3 is 0 Å². The summed E-state index contributed by atoms with van der Waals surface area (Å²) in [5, 5.41) is 16.8. The van der Waals surface area contributed by atoms with E-state index in [0.29, 0.717) is 0 Å². The van der Waals surface area contributed by atoms with Crippen LogP contribution in [-0.4, -0.2) is 65.9 Å². The van der Waals surface area contributed by atoms with Gasteiger partial charge in [0.2, 0.25) is 0 Å². The second-order valence-corrected chi connectivity index (χ2v) is 9.69. The zero-order valence-corrected chi connectivity index (χ0v) is 13.8. The minimum atomic E-state index is -2.16. The normalized spacial score (nSPS) is 14.1. The van der Waals surface area contributed by atoms with Crippen molar-refractivity contribution in [3.05, 3.63) is 0 Å². The lowest BCUT2D eigenvalue weighted by Gasteiger charge is -2.47. The van der Waals surface area contributed by atoms with Crippen molar-refractivity contribution in [2.75, 3.05) is 42.3 Å². The van der Waals surface area contributed by atoms with Crippen molar-refractivity contribution >= 4 is 8.56 Å². The van der Waals surface area contributed by atoms with Crippen LogP contribution in [0.5, 0.6) is 0 Å². The summed E-state index contributed by atoms with van der Waals surface area (Å²) in [5.41, 5.74) is 0. The van der Waals surface area contributed by atoms with E-state index in [1.165, 1.54) is 0 Å². The molecule has 0 rings (SSSR count). The molecule has 0 atom stereocenters. The number of hydrogen-bond donors (Lipinski definition) is 3. The Labute approximate surface area is 107 Å². The van der Waals surface area contributed by atoms with Crippen molar-refractivity contribution in [2.45, 2.75) is 25.8 Å². The smallest absolute Gasteiger partial charge is 0.255 e. The standard InChI is InChI=1S/C10H30N6Si/c1-10(2,3)17(11-14(4)5,12-15(6)7)13-16(8)9/h11-13H,1-9H3. The molecule has 0 unspecified atom stereocenters. The molecule has 0 aromatic rings. The van der Waals surface area contributed by atoms with Crippen molar-refractivity contribution in [1.82, 2.24) is 30.3 Å². The minimum absolute atomic E-state index is 0.0891. The van der Waals surface area contributed by atoms with E-state index in [1.807, 2.05) is 57.3 Å². The van der Waals surface area contributed by atoms with Crippen LogP contribution in [-0.2, 0) is 0 Å². The van der Waals surface area contributed by atoms with Crippen molar-refractivity contribution in [2.24, 2.45) is 0 Å². The first-order valence-electron chi connectivity index (χ1n) is 5.85. The van der Waals surface area contributed by atoms with Gasteiger partial charge in [0.25, 0.3) is 0 Å². The quantitative estimate of drug-likeness (QED) is 0.460. The summed E-state index contributed by atoms with van der Waals surface area (Å²) in [5.74, 6) is 0. The zero-order chi connectivity index (χ0) is 13.9.